The van der Waals surface area contributed by atoms with E-state index in [0.29, 0.717) is 38.4 Å². The lowest BCUT2D eigenvalue weighted by atomic mass is 10.1. The minimum absolute atomic E-state index is 0.193. The molecule has 0 saturated heterocycles. The van der Waals surface area contributed by atoms with Gasteiger partial charge in [-0.2, -0.15) is 0 Å². The fourth-order valence-corrected chi connectivity index (χ4v) is 3.34. The van der Waals surface area contributed by atoms with Crippen molar-refractivity contribution in [2.45, 2.75) is 6.61 Å². The number of halogens is 4. The van der Waals surface area contributed by atoms with Crippen LogP contribution in [0.4, 0.5) is 5.69 Å². The third-order valence-electron chi connectivity index (χ3n) is 3.99. The molecular weight excluding hydrogens is 456 g/mol. The smallest absolute Gasteiger partial charge is 0.255 e. The van der Waals surface area contributed by atoms with E-state index in [1.165, 1.54) is 12.1 Å². The zero-order chi connectivity index (χ0) is 21.0. The van der Waals surface area contributed by atoms with Crippen LogP contribution >= 0.6 is 46.4 Å². The first-order valence-electron chi connectivity index (χ1n) is 8.38. The van der Waals surface area contributed by atoms with E-state index >= 15 is 0 Å². The van der Waals surface area contributed by atoms with Gasteiger partial charge in [0.1, 0.15) is 18.1 Å². The Kier molecular flexibility index (Phi) is 7.14. The molecule has 0 saturated carbocycles. The lowest BCUT2D eigenvalue weighted by Crippen LogP contribution is -2.13. The van der Waals surface area contributed by atoms with Crippen molar-refractivity contribution >= 4 is 58.0 Å². The fraction of sp³-hybridized carbons (Fsp3) is 0.0952. The molecule has 8 heteroatoms. The van der Waals surface area contributed by atoms with E-state index in [1.807, 2.05) is 0 Å². The van der Waals surface area contributed by atoms with E-state index in [9.17, 15) is 4.79 Å². The second kappa shape index (κ2) is 9.59. The third-order valence-corrected chi connectivity index (χ3v) is 5.26. The van der Waals surface area contributed by atoms with Crippen molar-refractivity contribution in [2.75, 3.05) is 12.4 Å². The molecule has 0 heterocycles. The Morgan fingerprint density at radius 2 is 1.69 bits per heavy atom. The summed E-state index contributed by atoms with van der Waals surface area (Å²) in [5, 5.41) is 4.17. The van der Waals surface area contributed by atoms with Gasteiger partial charge in [0.2, 0.25) is 0 Å². The highest BCUT2D eigenvalue weighted by Crippen LogP contribution is 2.32. The van der Waals surface area contributed by atoms with Gasteiger partial charge >= 0.3 is 0 Å². The Labute approximate surface area is 188 Å². The molecule has 0 spiro atoms. The van der Waals surface area contributed by atoms with Crippen molar-refractivity contribution in [1.29, 1.82) is 0 Å². The maximum atomic E-state index is 12.7. The number of ether oxygens (including phenoxy) is 2. The van der Waals surface area contributed by atoms with Crippen molar-refractivity contribution in [3.05, 3.63) is 85.8 Å². The highest BCUT2D eigenvalue weighted by molar-refractivity contribution is 6.44. The van der Waals surface area contributed by atoms with Crippen LogP contribution < -0.4 is 14.8 Å². The second-order valence-corrected chi connectivity index (χ2v) is 7.63. The summed E-state index contributed by atoms with van der Waals surface area (Å²) in [6.45, 7) is 0.193. The Morgan fingerprint density at radius 1 is 0.931 bits per heavy atom. The van der Waals surface area contributed by atoms with Crippen molar-refractivity contribution in [1.82, 2.24) is 0 Å². The number of methoxy groups -OCH3 is 1. The van der Waals surface area contributed by atoms with Gasteiger partial charge in [0.25, 0.3) is 5.91 Å². The molecule has 0 radical (unpaired) electrons. The molecule has 1 N–H and O–H groups in total. The van der Waals surface area contributed by atoms with Crippen LogP contribution in [0.5, 0.6) is 11.5 Å². The number of carbonyl (C=O) groups is 1. The number of hydrogen-bond donors (Lipinski definition) is 1. The van der Waals surface area contributed by atoms with Crippen LogP contribution in [0.2, 0.25) is 20.1 Å². The molecule has 0 fully saturated rings. The zero-order valence-electron chi connectivity index (χ0n) is 15.1. The lowest BCUT2D eigenvalue weighted by Gasteiger charge is -2.13. The molecule has 0 aliphatic carbocycles. The first-order valence-corrected chi connectivity index (χ1v) is 9.89. The van der Waals surface area contributed by atoms with Crippen molar-refractivity contribution in [2.24, 2.45) is 0 Å². The van der Waals surface area contributed by atoms with E-state index in [0.717, 1.165) is 0 Å². The first-order chi connectivity index (χ1) is 13.9. The monoisotopic (exact) mass is 469 g/mol. The molecular formula is C21H15Cl4NO3. The van der Waals surface area contributed by atoms with Gasteiger partial charge < -0.3 is 14.8 Å². The molecule has 3 rings (SSSR count). The molecule has 0 atom stereocenters. The maximum Gasteiger partial charge on any atom is 0.255 e. The Hall–Kier alpha value is -2.11. The largest absolute Gasteiger partial charge is 0.496 e. The number of nitrogens with one attached hydrogen (secondary N) is 1. The molecule has 0 aromatic heterocycles. The van der Waals surface area contributed by atoms with Crippen LogP contribution in [0.1, 0.15) is 15.9 Å². The van der Waals surface area contributed by atoms with E-state index in [4.69, 9.17) is 55.9 Å². The third kappa shape index (κ3) is 5.49. The molecule has 0 bridgehead atoms. The first kappa shape index (κ1) is 21.6. The number of amides is 1. The average Bonchev–Trinajstić information content (AvgIpc) is 2.70. The zero-order valence-corrected chi connectivity index (χ0v) is 18.2. The number of carbonyl (C=O) groups excluding carboxylic acids is 1. The standard InChI is InChI=1S/C21H15Cl4NO3/c1-28-20-6-5-12(7-13(20)11-29-15-4-2-3-14(22)8-15)21(27)26-19-10-17(24)16(23)9-18(19)25/h2-10H,11H2,1H3,(H,26,27). The fourth-order valence-electron chi connectivity index (χ4n) is 2.56. The van der Waals surface area contributed by atoms with Gasteiger partial charge in [0.15, 0.2) is 0 Å². The molecule has 150 valence electrons. The predicted molar refractivity (Wildman–Crippen MR) is 118 cm³/mol. The molecule has 0 unspecified atom stereocenters. The Morgan fingerprint density at radius 3 is 2.41 bits per heavy atom. The summed E-state index contributed by atoms with van der Waals surface area (Å²) in [5.74, 6) is 0.838. The highest BCUT2D eigenvalue weighted by atomic mass is 35.5. The van der Waals surface area contributed by atoms with Crippen molar-refractivity contribution < 1.29 is 14.3 Å². The van der Waals surface area contributed by atoms with Gasteiger partial charge in [-0.3, -0.25) is 4.79 Å². The molecule has 0 aliphatic rings. The summed E-state index contributed by atoms with van der Waals surface area (Å²) < 4.78 is 11.1. The van der Waals surface area contributed by atoms with Gasteiger partial charge in [-0.25, -0.2) is 0 Å². The van der Waals surface area contributed by atoms with E-state index in [1.54, 1.807) is 49.6 Å². The van der Waals surface area contributed by atoms with Gasteiger partial charge in [-0.1, -0.05) is 52.5 Å². The molecule has 0 aliphatic heterocycles. The average molecular weight is 471 g/mol. The molecule has 1 amide bonds. The van der Waals surface area contributed by atoms with Crippen LogP contribution in [0.3, 0.4) is 0 Å². The predicted octanol–water partition coefficient (Wildman–Crippen LogP) is 7.14. The summed E-state index contributed by atoms with van der Waals surface area (Å²) in [5.41, 5.74) is 1.46. The van der Waals surface area contributed by atoms with Gasteiger partial charge in [0.05, 0.1) is 27.9 Å². The minimum atomic E-state index is -0.364. The summed E-state index contributed by atoms with van der Waals surface area (Å²) >= 11 is 24.0. The summed E-state index contributed by atoms with van der Waals surface area (Å²) in [7, 11) is 1.55. The van der Waals surface area contributed by atoms with Crippen LogP contribution in [-0.2, 0) is 6.61 Å². The summed E-state index contributed by atoms with van der Waals surface area (Å²) in [6, 6.07) is 15.0. The molecule has 3 aromatic carbocycles. The second-order valence-electron chi connectivity index (χ2n) is 5.97. The topological polar surface area (TPSA) is 47.6 Å². The highest BCUT2D eigenvalue weighted by Gasteiger charge is 2.14. The van der Waals surface area contributed by atoms with Gasteiger partial charge in [0, 0.05) is 16.1 Å². The van der Waals surface area contributed by atoms with Crippen LogP contribution in [0.15, 0.2) is 54.6 Å². The molecule has 3 aromatic rings. The summed E-state index contributed by atoms with van der Waals surface area (Å²) in [4.78, 5) is 12.7. The number of anilines is 1. The Balaban J connectivity index is 1.80. The Bertz CT molecular complexity index is 1060. The van der Waals surface area contributed by atoms with E-state index in [2.05, 4.69) is 5.32 Å². The van der Waals surface area contributed by atoms with Crippen LogP contribution in [0, 0.1) is 0 Å². The molecule has 4 nitrogen and oxygen atoms in total. The van der Waals surface area contributed by atoms with Crippen molar-refractivity contribution in [3.63, 3.8) is 0 Å². The number of rotatable bonds is 6. The maximum absolute atomic E-state index is 12.7. The van der Waals surface area contributed by atoms with Gasteiger partial charge in [-0.05, 0) is 48.5 Å². The van der Waals surface area contributed by atoms with Crippen LogP contribution in [0.25, 0.3) is 0 Å². The number of benzene rings is 3. The lowest BCUT2D eigenvalue weighted by molar-refractivity contribution is 0.102. The van der Waals surface area contributed by atoms with E-state index in [-0.39, 0.29) is 22.6 Å². The van der Waals surface area contributed by atoms with Crippen LogP contribution in [-0.4, -0.2) is 13.0 Å². The normalized spacial score (nSPS) is 10.5. The molecule has 29 heavy (non-hydrogen) atoms. The summed E-state index contributed by atoms with van der Waals surface area (Å²) in [6.07, 6.45) is 0. The number of hydrogen-bond acceptors (Lipinski definition) is 3. The van der Waals surface area contributed by atoms with Gasteiger partial charge in [-0.15, -0.1) is 0 Å². The van der Waals surface area contributed by atoms with E-state index < -0.39 is 0 Å². The SMILES string of the molecule is COc1ccc(C(=O)Nc2cc(Cl)c(Cl)cc2Cl)cc1COc1cccc(Cl)c1. The quantitative estimate of drug-likeness (QED) is 0.389. The minimum Gasteiger partial charge on any atom is -0.496 e. The van der Waals surface area contributed by atoms with Crippen molar-refractivity contribution in [3.8, 4) is 11.5 Å².